The molecule has 2 aliphatic rings. The van der Waals surface area contributed by atoms with Crippen LogP contribution in [0, 0.1) is 0 Å². The summed E-state index contributed by atoms with van der Waals surface area (Å²) in [6.07, 6.45) is 5.06. The number of sulfonamides is 1. The van der Waals surface area contributed by atoms with Crippen molar-refractivity contribution in [2.45, 2.75) is 67.8 Å². The molecule has 7 nitrogen and oxygen atoms in total. The topological polar surface area (TPSA) is 75.5 Å². The predicted molar refractivity (Wildman–Crippen MR) is 119 cm³/mol. The van der Waals surface area contributed by atoms with E-state index in [2.05, 4.69) is 4.57 Å². The first-order chi connectivity index (χ1) is 14.4. The van der Waals surface area contributed by atoms with Gasteiger partial charge in [0.1, 0.15) is 0 Å². The van der Waals surface area contributed by atoms with E-state index in [9.17, 15) is 13.2 Å². The van der Waals surface area contributed by atoms with Crippen LogP contribution in [-0.2, 0) is 21.4 Å². The molecule has 1 amide bonds. The predicted octanol–water partition coefficient (Wildman–Crippen LogP) is 3.33. The summed E-state index contributed by atoms with van der Waals surface area (Å²) in [7, 11) is -3.49. The molecular formula is C21H30N4O3S2. The summed E-state index contributed by atoms with van der Waals surface area (Å²) < 4.78 is 29.7. The van der Waals surface area contributed by atoms with Gasteiger partial charge in [0.15, 0.2) is 5.16 Å². The summed E-state index contributed by atoms with van der Waals surface area (Å²) in [5.74, 6) is 0.153. The minimum atomic E-state index is -3.49. The third kappa shape index (κ3) is 4.11. The number of fused-ring (bicyclic) bond motifs is 1. The zero-order valence-electron chi connectivity index (χ0n) is 17.7. The number of likely N-dealkylation sites (tertiary alicyclic amines) is 1. The SMILES string of the molecule is CCn1c(SC(C)C(=O)N2CCCC2)nc2cc(S(=O)(=O)N3CCCCC3)ccc21. The fourth-order valence-electron chi connectivity index (χ4n) is 4.30. The summed E-state index contributed by atoms with van der Waals surface area (Å²) in [5, 5.41) is 0.543. The van der Waals surface area contributed by atoms with Crippen molar-refractivity contribution in [2.75, 3.05) is 26.2 Å². The molecule has 0 saturated carbocycles. The van der Waals surface area contributed by atoms with Gasteiger partial charge >= 0.3 is 0 Å². The van der Waals surface area contributed by atoms with E-state index in [1.165, 1.54) is 11.8 Å². The number of imidazole rings is 1. The highest BCUT2D eigenvalue weighted by molar-refractivity contribution is 8.00. The van der Waals surface area contributed by atoms with Gasteiger partial charge in [-0.15, -0.1) is 0 Å². The fourth-order valence-corrected chi connectivity index (χ4v) is 6.91. The number of carbonyl (C=O) groups is 1. The molecule has 2 fully saturated rings. The molecule has 2 saturated heterocycles. The number of benzene rings is 1. The van der Waals surface area contributed by atoms with Crippen molar-refractivity contribution in [1.29, 1.82) is 0 Å². The lowest BCUT2D eigenvalue weighted by Crippen LogP contribution is -2.35. The minimum Gasteiger partial charge on any atom is -0.342 e. The highest BCUT2D eigenvalue weighted by atomic mass is 32.2. The van der Waals surface area contributed by atoms with Gasteiger partial charge in [-0.1, -0.05) is 18.2 Å². The molecule has 0 N–H and O–H groups in total. The quantitative estimate of drug-likeness (QED) is 0.631. The first kappa shape index (κ1) is 21.6. The number of carbonyl (C=O) groups excluding carboxylic acids is 1. The largest absolute Gasteiger partial charge is 0.342 e. The van der Waals surface area contributed by atoms with Crippen LogP contribution >= 0.6 is 11.8 Å². The summed E-state index contributed by atoms with van der Waals surface area (Å²) in [6.45, 7) is 7.52. The van der Waals surface area contributed by atoms with E-state index in [-0.39, 0.29) is 11.2 Å². The molecule has 9 heteroatoms. The van der Waals surface area contributed by atoms with E-state index in [4.69, 9.17) is 4.98 Å². The molecule has 1 aromatic heterocycles. The van der Waals surface area contributed by atoms with Gasteiger partial charge in [-0.2, -0.15) is 4.31 Å². The molecule has 3 heterocycles. The summed E-state index contributed by atoms with van der Waals surface area (Å²) in [5.41, 5.74) is 1.57. The standard InChI is InChI=1S/C21H30N4O3S2/c1-3-25-19-10-9-17(30(27,28)24-13-5-4-6-14-24)15-18(19)22-21(25)29-16(2)20(26)23-11-7-8-12-23/h9-10,15-16H,3-8,11-14H2,1-2H3. The number of thioether (sulfide) groups is 1. The van der Waals surface area contributed by atoms with Crippen molar-refractivity contribution in [2.24, 2.45) is 0 Å². The Balaban J connectivity index is 1.61. The molecule has 0 bridgehead atoms. The second-order valence-corrected chi connectivity index (χ2v) is 11.3. The van der Waals surface area contributed by atoms with Crippen molar-refractivity contribution in [3.05, 3.63) is 18.2 Å². The number of piperidine rings is 1. The van der Waals surface area contributed by atoms with Gasteiger partial charge < -0.3 is 9.47 Å². The minimum absolute atomic E-state index is 0.153. The highest BCUT2D eigenvalue weighted by Crippen LogP contribution is 2.31. The second kappa shape index (κ2) is 8.88. The van der Waals surface area contributed by atoms with Crippen molar-refractivity contribution in [3.63, 3.8) is 0 Å². The maximum atomic E-state index is 13.0. The molecule has 164 valence electrons. The maximum Gasteiger partial charge on any atom is 0.243 e. The molecule has 4 rings (SSSR count). The molecule has 1 atom stereocenters. The van der Waals surface area contributed by atoms with Gasteiger partial charge in [-0.3, -0.25) is 4.79 Å². The van der Waals surface area contributed by atoms with Crippen molar-refractivity contribution in [3.8, 4) is 0 Å². The summed E-state index contributed by atoms with van der Waals surface area (Å²) >= 11 is 1.46. The van der Waals surface area contributed by atoms with E-state index < -0.39 is 10.0 Å². The number of hydrogen-bond acceptors (Lipinski definition) is 5. The van der Waals surface area contributed by atoms with Gasteiger partial charge in [0.05, 0.1) is 21.2 Å². The molecule has 30 heavy (non-hydrogen) atoms. The average molecular weight is 451 g/mol. The lowest BCUT2D eigenvalue weighted by Gasteiger charge is -2.25. The third-order valence-corrected chi connectivity index (χ3v) is 8.97. The van der Waals surface area contributed by atoms with Crippen LogP contribution in [-0.4, -0.2) is 64.5 Å². The summed E-state index contributed by atoms with van der Waals surface area (Å²) in [4.78, 5) is 19.7. The molecule has 0 radical (unpaired) electrons. The molecule has 0 aliphatic carbocycles. The van der Waals surface area contributed by atoms with E-state index in [1.54, 1.807) is 16.4 Å². The monoisotopic (exact) mass is 450 g/mol. The van der Waals surface area contributed by atoms with E-state index in [0.717, 1.165) is 55.9 Å². The van der Waals surface area contributed by atoms with Gasteiger partial charge in [-0.05, 0) is 57.7 Å². The molecule has 1 aromatic carbocycles. The Kier molecular flexibility index (Phi) is 6.41. The number of hydrogen-bond donors (Lipinski definition) is 0. The molecule has 2 aromatic rings. The summed E-state index contributed by atoms with van der Waals surface area (Å²) in [6, 6.07) is 5.22. The van der Waals surface area contributed by atoms with Crippen LogP contribution in [0.1, 0.15) is 46.0 Å². The Labute approximate surface area is 182 Å². The lowest BCUT2D eigenvalue weighted by molar-refractivity contribution is -0.129. The number of nitrogens with zero attached hydrogens (tertiary/aromatic N) is 4. The first-order valence-electron chi connectivity index (χ1n) is 10.9. The van der Waals surface area contributed by atoms with Crippen molar-refractivity contribution in [1.82, 2.24) is 18.8 Å². The van der Waals surface area contributed by atoms with E-state index >= 15 is 0 Å². The van der Waals surface area contributed by atoms with Gasteiger partial charge in [0.2, 0.25) is 15.9 Å². The number of rotatable bonds is 6. The molecule has 0 spiro atoms. The Hall–Kier alpha value is -1.58. The van der Waals surface area contributed by atoms with Gasteiger partial charge in [0, 0.05) is 32.7 Å². The highest BCUT2D eigenvalue weighted by Gasteiger charge is 2.28. The average Bonchev–Trinajstić information content (AvgIpc) is 3.41. The van der Waals surface area contributed by atoms with E-state index in [1.807, 2.05) is 24.8 Å². The van der Waals surface area contributed by atoms with Crippen LogP contribution in [0.2, 0.25) is 0 Å². The van der Waals surface area contributed by atoms with Crippen LogP contribution < -0.4 is 0 Å². The Morgan fingerprint density at radius 3 is 2.43 bits per heavy atom. The second-order valence-electron chi connectivity index (χ2n) is 8.05. The number of amides is 1. The van der Waals surface area contributed by atoms with E-state index in [0.29, 0.717) is 30.0 Å². The number of aryl methyl sites for hydroxylation is 1. The fraction of sp³-hybridized carbons (Fsp3) is 0.619. The Morgan fingerprint density at radius 1 is 1.10 bits per heavy atom. The van der Waals surface area contributed by atoms with Crippen molar-refractivity contribution < 1.29 is 13.2 Å². The van der Waals surface area contributed by atoms with Crippen molar-refractivity contribution >= 4 is 38.7 Å². The van der Waals surface area contributed by atoms with Crippen LogP contribution in [0.5, 0.6) is 0 Å². The van der Waals surface area contributed by atoms with Crippen LogP contribution in [0.4, 0.5) is 0 Å². The Bertz CT molecular complexity index is 1020. The molecular weight excluding hydrogens is 420 g/mol. The van der Waals surface area contributed by atoms with Crippen LogP contribution in [0.3, 0.4) is 0 Å². The smallest absolute Gasteiger partial charge is 0.243 e. The third-order valence-electron chi connectivity index (χ3n) is 6.00. The van der Waals surface area contributed by atoms with Gasteiger partial charge in [0.25, 0.3) is 0 Å². The van der Waals surface area contributed by atoms with Gasteiger partial charge in [-0.25, -0.2) is 13.4 Å². The van der Waals surface area contributed by atoms with Crippen LogP contribution in [0.15, 0.2) is 28.3 Å². The zero-order valence-corrected chi connectivity index (χ0v) is 19.3. The first-order valence-corrected chi connectivity index (χ1v) is 13.2. The Morgan fingerprint density at radius 2 is 1.77 bits per heavy atom. The normalized spacial score (nSPS) is 19.5. The lowest BCUT2D eigenvalue weighted by atomic mass is 10.2. The number of aromatic nitrogens is 2. The van der Waals surface area contributed by atoms with Crippen LogP contribution in [0.25, 0.3) is 11.0 Å². The maximum absolute atomic E-state index is 13.0. The molecule has 2 aliphatic heterocycles. The molecule has 1 unspecified atom stereocenters. The zero-order chi connectivity index (χ0) is 21.3.